The molecule has 0 radical (unpaired) electrons. The Hall–Kier alpha value is -3.73. The summed E-state index contributed by atoms with van der Waals surface area (Å²) in [4.78, 5) is 15.0. The highest BCUT2D eigenvalue weighted by molar-refractivity contribution is 7.11. The van der Waals surface area contributed by atoms with Gasteiger partial charge in [-0.1, -0.05) is 41.4 Å². The van der Waals surface area contributed by atoms with E-state index in [1.165, 1.54) is 35.1 Å². The first-order valence-electron chi connectivity index (χ1n) is 9.13. The quantitative estimate of drug-likeness (QED) is 0.186. The van der Waals surface area contributed by atoms with Crippen molar-refractivity contribution in [3.05, 3.63) is 91.4 Å². The number of nitro benzene ring substituents is 1. The fourth-order valence-corrected chi connectivity index (χ4v) is 3.99. The lowest BCUT2D eigenvalue weighted by atomic mass is 10.1. The molecular weight excluding hydrogens is 434 g/mol. The van der Waals surface area contributed by atoms with E-state index < -0.39 is 4.92 Å². The van der Waals surface area contributed by atoms with Gasteiger partial charge >= 0.3 is 0 Å². The van der Waals surface area contributed by atoms with Crippen LogP contribution in [0.2, 0.25) is 5.02 Å². The molecule has 4 aromatic rings. The van der Waals surface area contributed by atoms with Gasteiger partial charge in [-0.05, 0) is 25.1 Å². The first-order chi connectivity index (χ1) is 14.9. The molecule has 0 unspecified atom stereocenters. The third kappa shape index (κ3) is 4.40. The van der Waals surface area contributed by atoms with E-state index in [0.29, 0.717) is 27.7 Å². The number of nitrogens with zero attached hydrogens (tertiary/aromatic N) is 3. The molecule has 4 rings (SSSR count). The number of allylic oxidation sites excluding steroid dienone is 1. The smallest absolute Gasteiger partial charge is 0.270 e. The van der Waals surface area contributed by atoms with E-state index in [9.17, 15) is 15.4 Å². The number of hydrogen-bond acceptors (Lipinski definition) is 6. The average molecular weight is 448 g/mol. The van der Waals surface area contributed by atoms with Crippen molar-refractivity contribution < 1.29 is 9.34 Å². The third-order valence-electron chi connectivity index (χ3n) is 4.54. The fourth-order valence-electron chi connectivity index (χ4n) is 2.93. The maximum Gasteiger partial charge on any atom is 0.270 e. The summed E-state index contributed by atoms with van der Waals surface area (Å²) in [6, 6.07) is 17.8. The largest absolute Gasteiger partial charge is 0.457 e. The number of nitriles is 1. The van der Waals surface area contributed by atoms with Crippen molar-refractivity contribution in [3.63, 3.8) is 0 Å². The molecule has 0 aliphatic heterocycles. The number of thiazole rings is 1. The minimum Gasteiger partial charge on any atom is -0.457 e. The summed E-state index contributed by atoms with van der Waals surface area (Å²) >= 11 is 7.56. The first kappa shape index (κ1) is 20.5. The van der Waals surface area contributed by atoms with Gasteiger partial charge in [0, 0.05) is 34.7 Å². The molecule has 2 heterocycles. The highest BCUT2D eigenvalue weighted by atomic mass is 35.5. The molecule has 0 saturated carbocycles. The van der Waals surface area contributed by atoms with E-state index in [0.717, 1.165) is 11.3 Å². The summed E-state index contributed by atoms with van der Waals surface area (Å²) in [5.41, 5.74) is 3.76. The number of furan rings is 1. The summed E-state index contributed by atoms with van der Waals surface area (Å²) in [6.45, 7) is 2.02. The minimum atomic E-state index is -0.510. The lowest BCUT2D eigenvalue weighted by Gasteiger charge is -2.00. The Kier molecular flexibility index (Phi) is 5.67. The Morgan fingerprint density at radius 2 is 2.00 bits per heavy atom. The molecule has 0 saturated heterocycles. The van der Waals surface area contributed by atoms with E-state index in [1.54, 1.807) is 18.2 Å². The van der Waals surface area contributed by atoms with E-state index in [2.05, 4.69) is 11.1 Å². The van der Waals surface area contributed by atoms with Gasteiger partial charge in [0.25, 0.3) is 5.69 Å². The maximum absolute atomic E-state index is 10.9. The zero-order chi connectivity index (χ0) is 22.0. The molecule has 0 bridgehead atoms. The fraction of sp³-hybridized carbons (Fsp3) is 0.0435. The Labute approximate surface area is 186 Å². The Balaban J connectivity index is 1.62. The van der Waals surface area contributed by atoms with Crippen molar-refractivity contribution in [2.24, 2.45) is 0 Å². The zero-order valence-corrected chi connectivity index (χ0v) is 17.8. The second-order valence-corrected chi connectivity index (χ2v) is 7.96. The van der Waals surface area contributed by atoms with Crippen LogP contribution in [0, 0.1) is 28.4 Å². The number of nitro groups is 1. The number of aromatic nitrogens is 1. The van der Waals surface area contributed by atoms with Crippen molar-refractivity contribution in [2.45, 2.75) is 6.92 Å². The molecule has 2 aromatic heterocycles. The second kappa shape index (κ2) is 8.56. The van der Waals surface area contributed by atoms with Crippen LogP contribution in [0.15, 0.2) is 64.4 Å². The monoisotopic (exact) mass is 447 g/mol. The molecule has 0 atom stereocenters. The van der Waals surface area contributed by atoms with Crippen LogP contribution in [0.3, 0.4) is 0 Å². The second-order valence-electron chi connectivity index (χ2n) is 6.70. The molecule has 152 valence electrons. The van der Waals surface area contributed by atoms with Gasteiger partial charge in [-0.2, -0.15) is 5.26 Å². The van der Waals surface area contributed by atoms with Gasteiger partial charge in [0.2, 0.25) is 0 Å². The zero-order valence-electron chi connectivity index (χ0n) is 16.2. The molecular formula is C23H14ClN3O3S. The van der Waals surface area contributed by atoms with Crippen molar-refractivity contribution in [2.75, 3.05) is 0 Å². The normalized spacial score (nSPS) is 11.3. The van der Waals surface area contributed by atoms with E-state index in [-0.39, 0.29) is 10.7 Å². The molecule has 31 heavy (non-hydrogen) atoms. The predicted molar refractivity (Wildman–Crippen MR) is 122 cm³/mol. The van der Waals surface area contributed by atoms with E-state index >= 15 is 0 Å². The summed E-state index contributed by atoms with van der Waals surface area (Å²) < 4.78 is 5.80. The van der Waals surface area contributed by atoms with Crippen molar-refractivity contribution >= 4 is 40.3 Å². The number of rotatable bonds is 5. The Morgan fingerprint density at radius 1 is 1.23 bits per heavy atom. The summed E-state index contributed by atoms with van der Waals surface area (Å²) in [5.74, 6) is 0.899. The van der Waals surface area contributed by atoms with Crippen LogP contribution >= 0.6 is 22.9 Å². The van der Waals surface area contributed by atoms with Crippen LogP contribution < -0.4 is 0 Å². The van der Waals surface area contributed by atoms with Gasteiger partial charge in [0.05, 0.1) is 21.2 Å². The number of halogens is 1. The van der Waals surface area contributed by atoms with Crippen LogP contribution in [0.1, 0.15) is 16.3 Å². The molecule has 0 fully saturated rings. The number of aryl methyl sites for hydroxylation is 1. The van der Waals surface area contributed by atoms with Crippen molar-refractivity contribution in [3.8, 4) is 28.7 Å². The summed E-state index contributed by atoms with van der Waals surface area (Å²) in [7, 11) is 0. The number of non-ortho nitro benzene ring substituents is 1. The summed E-state index contributed by atoms with van der Waals surface area (Å²) in [5, 5.41) is 23.2. The molecule has 0 aliphatic rings. The van der Waals surface area contributed by atoms with Gasteiger partial charge in [-0.3, -0.25) is 10.1 Å². The number of hydrogen-bond donors (Lipinski definition) is 0. The predicted octanol–water partition coefficient (Wildman–Crippen LogP) is 7.00. The molecule has 0 N–H and O–H groups in total. The van der Waals surface area contributed by atoms with Crippen LogP contribution in [0.4, 0.5) is 5.69 Å². The minimum absolute atomic E-state index is 0.0969. The van der Waals surface area contributed by atoms with E-state index in [1.807, 2.05) is 36.6 Å². The SMILES string of the molecule is Cc1ccc(-c2csc(C(C#N)=Cc3ccc(-c4ccc([N+](=O)[O-])cc4Cl)o3)n2)cc1. The van der Waals surface area contributed by atoms with Gasteiger partial charge in [-0.25, -0.2) is 4.98 Å². The highest BCUT2D eigenvalue weighted by Gasteiger charge is 2.14. The van der Waals surface area contributed by atoms with Crippen molar-refractivity contribution in [1.82, 2.24) is 4.98 Å². The van der Waals surface area contributed by atoms with Gasteiger partial charge in [0.1, 0.15) is 22.6 Å². The Bertz CT molecular complexity index is 1350. The molecule has 0 aliphatic carbocycles. The van der Waals surface area contributed by atoms with E-state index in [4.69, 9.17) is 16.0 Å². The molecule has 0 spiro atoms. The Morgan fingerprint density at radius 3 is 2.68 bits per heavy atom. The third-order valence-corrected chi connectivity index (χ3v) is 5.73. The molecule has 2 aromatic carbocycles. The molecule has 0 amide bonds. The van der Waals surface area contributed by atoms with Crippen LogP contribution in [-0.2, 0) is 0 Å². The lowest BCUT2D eigenvalue weighted by molar-refractivity contribution is -0.384. The van der Waals surface area contributed by atoms with Gasteiger partial charge in [0.15, 0.2) is 0 Å². The topological polar surface area (TPSA) is 93.0 Å². The van der Waals surface area contributed by atoms with Gasteiger partial charge < -0.3 is 4.42 Å². The molecule has 8 heteroatoms. The van der Waals surface area contributed by atoms with Gasteiger partial charge in [-0.15, -0.1) is 11.3 Å². The van der Waals surface area contributed by atoms with Crippen LogP contribution in [0.25, 0.3) is 34.2 Å². The van der Waals surface area contributed by atoms with Crippen molar-refractivity contribution in [1.29, 1.82) is 5.26 Å². The van der Waals surface area contributed by atoms with Crippen LogP contribution in [0.5, 0.6) is 0 Å². The molecule has 6 nitrogen and oxygen atoms in total. The average Bonchev–Trinajstić information content (AvgIpc) is 3.42. The standard InChI is InChI=1S/C23H14ClN3O3S/c1-14-2-4-15(5-3-14)21-13-31-23(26-21)16(12-25)10-18-7-9-22(30-18)19-8-6-17(27(28)29)11-20(19)24/h2-11,13H,1H3. The van der Waals surface area contributed by atoms with Crippen LogP contribution in [-0.4, -0.2) is 9.91 Å². The summed E-state index contributed by atoms with van der Waals surface area (Å²) in [6.07, 6.45) is 1.61. The first-order valence-corrected chi connectivity index (χ1v) is 10.4. The highest BCUT2D eigenvalue weighted by Crippen LogP contribution is 2.33. The number of benzene rings is 2. The maximum atomic E-state index is 10.9. The lowest BCUT2D eigenvalue weighted by Crippen LogP contribution is -1.88.